The summed E-state index contributed by atoms with van der Waals surface area (Å²) in [6.07, 6.45) is 0. The summed E-state index contributed by atoms with van der Waals surface area (Å²) in [5, 5.41) is 8.76. The van der Waals surface area contributed by atoms with Crippen LogP contribution in [-0.2, 0) is 15.6 Å². The van der Waals surface area contributed by atoms with Crippen LogP contribution in [0, 0.1) is 11.3 Å². The Kier molecular flexibility index (Phi) is 4.45. The summed E-state index contributed by atoms with van der Waals surface area (Å²) >= 11 is 0. The zero-order valence-electron chi connectivity index (χ0n) is 8.73. The molecule has 0 aromatic heterocycles. The van der Waals surface area contributed by atoms with Crippen molar-refractivity contribution in [2.75, 3.05) is 0 Å². The topological polar surface area (TPSA) is 93.2 Å². The summed E-state index contributed by atoms with van der Waals surface area (Å²) in [6, 6.07) is 3.35. The Morgan fingerprint density at radius 2 is 2.11 bits per heavy atom. The number of hydrogen-bond donors (Lipinski definition) is 1. The zero-order valence-corrected chi connectivity index (χ0v) is 10.3. The van der Waals surface area contributed by atoms with Crippen molar-refractivity contribution in [2.45, 2.75) is 18.1 Å². The van der Waals surface area contributed by atoms with Crippen LogP contribution in [0.5, 0.6) is 5.75 Å². The zero-order chi connectivity index (χ0) is 13.9. The summed E-state index contributed by atoms with van der Waals surface area (Å²) in [7, 11) is 0.949. The molecule has 0 aliphatic heterocycles. The van der Waals surface area contributed by atoms with Gasteiger partial charge in [0, 0.05) is 22.8 Å². The Morgan fingerprint density at radius 1 is 1.50 bits per heavy atom. The number of ether oxygens (including phenoxy) is 1. The molecule has 0 spiro atoms. The quantitative estimate of drug-likeness (QED) is 0.851. The molecule has 2 N–H and O–H groups in total. The second kappa shape index (κ2) is 5.48. The summed E-state index contributed by atoms with van der Waals surface area (Å²) in [6.45, 7) is -3.35. The lowest BCUT2D eigenvalue weighted by molar-refractivity contribution is -0.0504. The van der Waals surface area contributed by atoms with E-state index in [4.69, 9.17) is 21.7 Å². The van der Waals surface area contributed by atoms with Crippen LogP contribution in [0.15, 0.2) is 17.0 Å². The van der Waals surface area contributed by atoms with Crippen molar-refractivity contribution in [3.63, 3.8) is 0 Å². The Bertz CT molecular complexity index is 599. The van der Waals surface area contributed by atoms with Gasteiger partial charge in [-0.3, -0.25) is 0 Å². The predicted molar refractivity (Wildman–Crippen MR) is 58.7 cm³/mol. The van der Waals surface area contributed by atoms with Gasteiger partial charge < -0.3 is 10.5 Å². The molecule has 0 amide bonds. The van der Waals surface area contributed by atoms with Crippen molar-refractivity contribution < 1.29 is 21.9 Å². The third kappa shape index (κ3) is 3.29. The fourth-order valence-electron chi connectivity index (χ4n) is 1.26. The van der Waals surface area contributed by atoms with Crippen molar-refractivity contribution >= 4 is 19.7 Å². The molecule has 5 nitrogen and oxygen atoms in total. The van der Waals surface area contributed by atoms with E-state index in [0.29, 0.717) is 0 Å². The number of nitriles is 1. The Balaban J connectivity index is 3.48. The van der Waals surface area contributed by atoms with Crippen molar-refractivity contribution in [1.29, 1.82) is 5.26 Å². The van der Waals surface area contributed by atoms with Gasteiger partial charge in [0.2, 0.25) is 0 Å². The molecular formula is C9H7ClF2N2O3S. The monoisotopic (exact) mass is 296 g/mol. The van der Waals surface area contributed by atoms with Gasteiger partial charge in [-0.1, -0.05) is 0 Å². The number of nitrogens with two attached hydrogens (primary N) is 1. The molecule has 1 rings (SSSR count). The first-order chi connectivity index (χ1) is 8.29. The van der Waals surface area contributed by atoms with E-state index in [2.05, 4.69) is 4.74 Å². The van der Waals surface area contributed by atoms with Crippen LogP contribution >= 0.6 is 10.7 Å². The fourth-order valence-corrected chi connectivity index (χ4v) is 2.29. The highest BCUT2D eigenvalue weighted by atomic mass is 35.7. The smallest absolute Gasteiger partial charge is 0.387 e. The van der Waals surface area contributed by atoms with Gasteiger partial charge in [0.05, 0.1) is 5.56 Å². The maximum absolute atomic E-state index is 12.1. The average molecular weight is 297 g/mol. The summed E-state index contributed by atoms with van der Waals surface area (Å²) < 4.78 is 50.8. The first-order valence-electron chi connectivity index (χ1n) is 4.46. The van der Waals surface area contributed by atoms with Crippen molar-refractivity contribution in [3.8, 4) is 11.8 Å². The minimum Gasteiger partial charge on any atom is -0.434 e. The predicted octanol–water partition coefficient (Wildman–Crippen LogP) is 1.55. The summed E-state index contributed by atoms with van der Waals surface area (Å²) in [5.41, 5.74) is 4.90. The third-order valence-electron chi connectivity index (χ3n) is 1.98. The molecule has 0 aliphatic rings. The SMILES string of the molecule is N#Cc1cc(OC(F)F)c(CN)cc1S(=O)(=O)Cl. The van der Waals surface area contributed by atoms with E-state index in [-0.39, 0.29) is 17.9 Å². The van der Waals surface area contributed by atoms with E-state index in [1.807, 2.05) is 0 Å². The molecule has 98 valence electrons. The molecular weight excluding hydrogens is 290 g/mol. The third-order valence-corrected chi connectivity index (χ3v) is 3.34. The van der Waals surface area contributed by atoms with Gasteiger partial charge in [0.25, 0.3) is 9.05 Å². The molecule has 0 saturated heterocycles. The van der Waals surface area contributed by atoms with Crippen LogP contribution in [0.1, 0.15) is 11.1 Å². The van der Waals surface area contributed by atoms with Gasteiger partial charge >= 0.3 is 6.61 Å². The molecule has 0 unspecified atom stereocenters. The van der Waals surface area contributed by atoms with Crippen LogP contribution in [0.2, 0.25) is 0 Å². The molecule has 0 bridgehead atoms. The van der Waals surface area contributed by atoms with E-state index >= 15 is 0 Å². The molecule has 9 heteroatoms. The van der Waals surface area contributed by atoms with Gasteiger partial charge in [-0.05, 0) is 12.1 Å². The minimum absolute atomic E-state index is 0.00789. The van der Waals surface area contributed by atoms with E-state index in [1.54, 1.807) is 0 Å². The van der Waals surface area contributed by atoms with Crippen LogP contribution in [-0.4, -0.2) is 15.0 Å². The number of hydrogen-bond acceptors (Lipinski definition) is 5. The van der Waals surface area contributed by atoms with Crippen molar-refractivity contribution in [2.24, 2.45) is 5.73 Å². The molecule has 0 atom stereocenters. The lowest BCUT2D eigenvalue weighted by atomic mass is 10.1. The van der Waals surface area contributed by atoms with Gasteiger partial charge in [0.1, 0.15) is 16.7 Å². The van der Waals surface area contributed by atoms with Crippen LogP contribution < -0.4 is 10.5 Å². The highest BCUT2D eigenvalue weighted by molar-refractivity contribution is 8.13. The molecule has 0 heterocycles. The van der Waals surface area contributed by atoms with E-state index < -0.39 is 26.1 Å². The Labute approximate surface area is 106 Å². The van der Waals surface area contributed by atoms with Gasteiger partial charge in [-0.25, -0.2) is 8.42 Å². The summed E-state index contributed by atoms with van der Waals surface area (Å²) in [4.78, 5) is -0.492. The van der Waals surface area contributed by atoms with Gasteiger partial charge in [-0.2, -0.15) is 14.0 Å². The highest BCUT2D eigenvalue weighted by Crippen LogP contribution is 2.29. The number of alkyl halides is 2. The normalized spacial score (nSPS) is 11.3. The molecule has 0 saturated carbocycles. The lowest BCUT2D eigenvalue weighted by Crippen LogP contribution is -2.09. The van der Waals surface area contributed by atoms with Gasteiger partial charge in [-0.15, -0.1) is 0 Å². The molecule has 0 fully saturated rings. The van der Waals surface area contributed by atoms with Crippen LogP contribution in [0.4, 0.5) is 8.78 Å². The van der Waals surface area contributed by atoms with Crippen molar-refractivity contribution in [1.82, 2.24) is 0 Å². The highest BCUT2D eigenvalue weighted by Gasteiger charge is 2.20. The minimum atomic E-state index is -4.17. The van der Waals surface area contributed by atoms with E-state index in [1.165, 1.54) is 6.07 Å². The standard InChI is InChI=1S/C9H7ClF2N2O3S/c10-18(15,16)8-2-5(3-13)7(17-9(11)12)1-6(8)4-14/h1-2,9H,3,13H2. The first-order valence-corrected chi connectivity index (χ1v) is 6.77. The lowest BCUT2D eigenvalue weighted by Gasteiger charge is -2.11. The molecule has 1 aromatic rings. The Morgan fingerprint density at radius 3 is 2.50 bits per heavy atom. The molecule has 0 aliphatic carbocycles. The number of nitrogens with zero attached hydrogens (tertiary/aromatic N) is 1. The first kappa shape index (κ1) is 14.6. The Hall–Kier alpha value is -1.43. The second-order valence-electron chi connectivity index (χ2n) is 3.09. The molecule has 18 heavy (non-hydrogen) atoms. The van der Waals surface area contributed by atoms with E-state index in [9.17, 15) is 17.2 Å². The van der Waals surface area contributed by atoms with Crippen LogP contribution in [0.25, 0.3) is 0 Å². The maximum Gasteiger partial charge on any atom is 0.387 e. The average Bonchev–Trinajstić information content (AvgIpc) is 2.26. The summed E-state index contributed by atoms with van der Waals surface area (Å²) in [5.74, 6) is -0.354. The van der Waals surface area contributed by atoms with Crippen LogP contribution in [0.3, 0.4) is 0 Å². The fraction of sp³-hybridized carbons (Fsp3) is 0.222. The number of rotatable bonds is 4. The number of benzene rings is 1. The second-order valence-corrected chi connectivity index (χ2v) is 5.62. The van der Waals surface area contributed by atoms with E-state index in [0.717, 1.165) is 12.1 Å². The number of halogens is 3. The van der Waals surface area contributed by atoms with Gasteiger partial charge in [0.15, 0.2) is 0 Å². The largest absolute Gasteiger partial charge is 0.434 e. The van der Waals surface area contributed by atoms with Crippen molar-refractivity contribution in [3.05, 3.63) is 23.3 Å². The molecule has 0 radical (unpaired) electrons. The maximum atomic E-state index is 12.1. The molecule has 1 aromatic carbocycles.